The zero-order valence-corrected chi connectivity index (χ0v) is 11.8. The zero-order valence-electron chi connectivity index (χ0n) is 11.0. The van der Waals surface area contributed by atoms with Crippen LogP contribution in [0, 0.1) is 13.8 Å². The molecular formula is C12H20N2O3S. The van der Waals surface area contributed by atoms with Gasteiger partial charge in [-0.1, -0.05) is 6.07 Å². The lowest BCUT2D eigenvalue weighted by atomic mass is 10.1. The lowest BCUT2D eigenvalue weighted by Crippen LogP contribution is -2.19. The van der Waals surface area contributed by atoms with Crippen molar-refractivity contribution in [1.29, 1.82) is 0 Å². The second kappa shape index (κ2) is 6.06. The van der Waals surface area contributed by atoms with Crippen LogP contribution in [0.25, 0.3) is 0 Å². The summed E-state index contributed by atoms with van der Waals surface area (Å²) in [6.07, 6.45) is 0.465. The van der Waals surface area contributed by atoms with Crippen LogP contribution in [0.5, 0.6) is 0 Å². The van der Waals surface area contributed by atoms with Crippen LogP contribution in [0.15, 0.2) is 12.1 Å². The first kappa shape index (κ1) is 14.8. The number of sulfonamides is 1. The molecule has 0 bridgehead atoms. The van der Waals surface area contributed by atoms with Crippen LogP contribution in [-0.2, 0) is 14.8 Å². The summed E-state index contributed by atoms with van der Waals surface area (Å²) in [6, 6.07) is 3.57. The van der Waals surface area contributed by atoms with Crippen molar-refractivity contribution in [3.05, 3.63) is 23.3 Å². The molecule has 0 saturated heterocycles. The normalized spacial score (nSPS) is 11.5. The van der Waals surface area contributed by atoms with Gasteiger partial charge in [0.15, 0.2) is 0 Å². The van der Waals surface area contributed by atoms with Crippen molar-refractivity contribution < 1.29 is 13.2 Å². The van der Waals surface area contributed by atoms with E-state index in [0.717, 1.165) is 11.1 Å². The number of ether oxygens (including phenoxy) is 1. The Bertz CT molecular complexity index is 512. The van der Waals surface area contributed by atoms with Gasteiger partial charge in [-0.3, -0.25) is 4.72 Å². The number of rotatable bonds is 6. The van der Waals surface area contributed by atoms with Crippen LogP contribution >= 0.6 is 0 Å². The van der Waals surface area contributed by atoms with Gasteiger partial charge >= 0.3 is 0 Å². The summed E-state index contributed by atoms with van der Waals surface area (Å²) in [6.45, 7) is 4.07. The average Bonchev–Trinajstić information content (AvgIpc) is 2.30. The molecule has 0 radical (unpaired) electrons. The monoisotopic (exact) mass is 272 g/mol. The Morgan fingerprint density at radius 3 is 2.61 bits per heavy atom. The Hall–Kier alpha value is -1.27. The predicted octanol–water partition coefficient (Wildman–Crippen LogP) is 1.66. The van der Waals surface area contributed by atoms with Crippen LogP contribution in [0.3, 0.4) is 0 Å². The molecule has 0 heterocycles. The summed E-state index contributed by atoms with van der Waals surface area (Å²) in [5.41, 5.74) is 8.54. The van der Waals surface area contributed by atoms with E-state index in [4.69, 9.17) is 10.5 Å². The van der Waals surface area contributed by atoms with Crippen molar-refractivity contribution in [2.45, 2.75) is 20.3 Å². The van der Waals surface area contributed by atoms with Gasteiger partial charge in [-0.2, -0.15) is 0 Å². The third kappa shape index (κ3) is 3.89. The Morgan fingerprint density at radius 1 is 1.33 bits per heavy atom. The topological polar surface area (TPSA) is 81.4 Å². The van der Waals surface area contributed by atoms with Gasteiger partial charge in [0.2, 0.25) is 10.0 Å². The highest BCUT2D eigenvalue weighted by Gasteiger charge is 2.14. The highest BCUT2D eigenvalue weighted by atomic mass is 32.2. The van der Waals surface area contributed by atoms with E-state index in [1.165, 1.54) is 0 Å². The van der Waals surface area contributed by atoms with Crippen LogP contribution in [0.1, 0.15) is 17.5 Å². The Labute approximate surface area is 108 Å². The highest BCUT2D eigenvalue weighted by molar-refractivity contribution is 7.92. The Balaban J connectivity index is 2.87. The minimum atomic E-state index is -3.35. The minimum absolute atomic E-state index is 0.0362. The van der Waals surface area contributed by atoms with E-state index in [0.29, 0.717) is 24.4 Å². The zero-order chi connectivity index (χ0) is 13.8. The average molecular weight is 272 g/mol. The van der Waals surface area contributed by atoms with Crippen molar-refractivity contribution in [2.24, 2.45) is 0 Å². The first-order chi connectivity index (χ1) is 8.37. The first-order valence-corrected chi connectivity index (χ1v) is 7.37. The maximum Gasteiger partial charge on any atom is 0.232 e. The predicted molar refractivity (Wildman–Crippen MR) is 74.2 cm³/mol. The summed E-state index contributed by atoms with van der Waals surface area (Å²) in [5, 5.41) is 0. The lowest BCUT2D eigenvalue weighted by Gasteiger charge is -2.14. The number of hydrogen-bond acceptors (Lipinski definition) is 4. The molecule has 3 N–H and O–H groups in total. The lowest BCUT2D eigenvalue weighted by molar-refractivity contribution is 0.199. The number of nitrogens with one attached hydrogen (secondary N) is 1. The van der Waals surface area contributed by atoms with Crippen molar-refractivity contribution >= 4 is 21.4 Å². The molecule has 102 valence electrons. The molecule has 5 nitrogen and oxygen atoms in total. The van der Waals surface area contributed by atoms with Crippen LogP contribution in [-0.4, -0.2) is 27.9 Å². The Morgan fingerprint density at radius 2 is 2.00 bits per heavy atom. The Kier molecular flexibility index (Phi) is 4.98. The van der Waals surface area contributed by atoms with Crippen molar-refractivity contribution in [2.75, 3.05) is 29.9 Å². The second-order valence-corrected chi connectivity index (χ2v) is 6.08. The molecule has 6 heteroatoms. The molecule has 0 amide bonds. The van der Waals surface area contributed by atoms with Gasteiger partial charge in [-0.15, -0.1) is 0 Å². The summed E-state index contributed by atoms with van der Waals surface area (Å²) in [7, 11) is -1.81. The second-order valence-electron chi connectivity index (χ2n) is 4.24. The van der Waals surface area contributed by atoms with Gasteiger partial charge < -0.3 is 10.5 Å². The van der Waals surface area contributed by atoms with E-state index in [1.54, 1.807) is 26.2 Å². The maximum absolute atomic E-state index is 11.9. The summed E-state index contributed by atoms with van der Waals surface area (Å²) in [5.74, 6) is 0.0362. The van der Waals surface area contributed by atoms with E-state index in [-0.39, 0.29) is 5.75 Å². The van der Waals surface area contributed by atoms with Gasteiger partial charge in [0.25, 0.3) is 0 Å². The van der Waals surface area contributed by atoms with E-state index in [1.807, 2.05) is 6.92 Å². The van der Waals surface area contributed by atoms with Gasteiger partial charge in [0.05, 0.1) is 11.4 Å². The summed E-state index contributed by atoms with van der Waals surface area (Å²) >= 11 is 0. The fourth-order valence-electron chi connectivity index (χ4n) is 1.62. The summed E-state index contributed by atoms with van der Waals surface area (Å²) < 4.78 is 31.2. The molecule has 0 aromatic heterocycles. The molecule has 0 aliphatic carbocycles. The molecule has 1 aromatic carbocycles. The fraction of sp³-hybridized carbons (Fsp3) is 0.500. The molecule has 0 unspecified atom stereocenters. The number of benzene rings is 1. The maximum atomic E-state index is 11.9. The molecule has 18 heavy (non-hydrogen) atoms. The van der Waals surface area contributed by atoms with Crippen molar-refractivity contribution in [3.8, 4) is 0 Å². The van der Waals surface area contributed by atoms with Crippen LogP contribution in [0.4, 0.5) is 11.4 Å². The molecule has 1 rings (SSSR count). The molecule has 0 atom stereocenters. The van der Waals surface area contributed by atoms with Crippen molar-refractivity contribution in [1.82, 2.24) is 0 Å². The quantitative estimate of drug-likeness (QED) is 0.609. The number of hydrogen-bond donors (Lipinski definition) is 2. The summed E-state index contributed by atoms with van der Waals surface area (Å²) in [4.78, 5) is 0. The molecule has 1 aromatic rings. The number of aryl methyl sites for hydroxylation is 1. The standard InChI is InChI=1S/C12H20N2O3S/c1-9-5-6-11(13)10(2)12(9)14-18(15,16)8-4-7-17-3/h5-6,14H,4,7-8,13H2,1-3H3. The van der Waals surface area contributed by atoms with E-state index in [2.05, 4.69) is 4.72 Å². The first-order valence-electron chi connectivity index (χ1n) is 5.72. The van der Waals surface area contributed by atoms with E-state index in [9.17, 15) is 8.42 Å². The van der Waals surface area contributed by atoms with Gasteiger partial charge in [0, 0.05) is 19.4 Å². The number of nitrogen functional groups attached to an aromatic ring is 1. The van der Waals surface area contributed by atoms with E-state index < -0.39 is 10.0 Å². The SMILES string of the molecule is COCCCS(=O)(=O)Nc1c(C)ccc(N)c1C. The van der Waals surface area contributed by atoms with Gasteiger partial charge in [0.1, 0.15) is 0 Å². The van der Waals surface area contributed by atoms with Crippen LogP contribution in [0.2, 0.25) is 0 Å². The molecule has 0 spiro atoms. The molecule has 0 fully saturated rings. The van der Waals surface area contributed by atoms with E-state index >= 15 is 0 Å². The number of nitrogens with two attached hydrogens (primary N) is 1. The van der Waals surface area contributed by atoms with Gasteiger partial charge in [-0.05, 0) is 37.5 Å². The smallest absolute Gasteiger partial charge is 0.232 e. The molecule has 0 saturated carbocycles. The third-order valence-electron chi connectivity index (χ3n) is 2.73. The molecule has 0 aliphatic heterocycles. The largest absolute Gasteiger partial charge is 0.398 e. The van der Waals surface area contributed by atoms with Crippen molar-refractivity contribution in [3.63, 3.8) is 0 Å². The third-order valence-corrected chi connectivity index (χ3v) is 4.08. The number of anilines is 2. The minimum Gasteiger partial charge on any atom is -0.398 e. The van der Waals surface area contributed by atoms with Crippen LogP contribution < -0.4 is 10.5 Å². The number of methoxy groups -OCH3 is 1. The highest BCUT2D eigenvalue weighted by Crippen LogP contribution is 2.26. The van der Waals surface area contributed by atoms with Gasteiger partial charge in [-0.25, -0.2) is 8.42 Å². The molecular weight excluding hydrogens is 252 g/mol. The fourth-order valence-corrected chi connectivity index (χ4v) is 2.85. The molecule has 0 aliphatic rings.